The van der Waals surface area contributed by atoms with Gasteiger partial charge in [-0.15, -0.1) is 0 Å². The molecule has 0 heterocycles. The van der Waals surface area contributed by atoms with Crippen LogP contribution in [0.4, 0.5) is 0 Å². The Hall–Kier alpha value is -0.730. The number of carbonyl (C=O) groups is 1. The maximum Gasteiger partial charge on any atom is 0.308 e. The van der Waals surface area contributed by atoms with Crippen molar-refractivity contribution in [2.45, 2.75) is 17.9 Å². The monoisotopic (exact) mass is 232 g/mol. The molecule has 0 unspecified atom stereocenters. The van der Waals surface area contributed by atoms with Gasteiger partial charge in [0.05, 0.1) is 0 Å². The molecule has 0 aromatic heterocycles. The molecule has 14 heavy (non-hydrogen) atoms. The van der Waals surface area contributed by atoms with Gasteiger partial charge < -0.3 is 4.74 Å². The van der Waals surface area contributed by atoms with Gasteiger partial charge in [-0.05, 0) is 12.0 Å². The molecule has 0 amide bonds. The molecule has 0 aliphatic heterocycles. The first-order valence-electron chi connectivity index (χ1n) is 4.20. The Balaban J connectivity index is 2.31. The summed E-state index contributed by atoms with van der Waals surface area (Å²) in [7, 11) is 0. The molecule has 1 rings (SSSR count). The Morgan fingerprint density at radius 2 is 1.93 bits per heavy atom. The Bertz CT molecular complexity index is 285. The summed E-state index contributed by atoms with van der Waals surface area (Å²) in [5.74, 6) is -0.385. The minimum atomic E-state index is -1.07. The van der Waals surface area contributed by atoms with E-state index in [0.717, 1.165) is 5.56 Å². The molecule has 0 spiro atoms. The van der Waals surface area contributed by atoms with E-state index in [0.29, 0.717) is 12.8 Å². The highest BCUT2D eigenvalue weighted by molar-refractivity contribution is 6.43. The fraction of sp³-hybridized carbons (Fsp3) is 0.300. The molecule has 0 aliphatic carbocycles. The summed E-state index contributed by atoms with van der Waals surface area (Å²) in [6.45, 7) is 0. The number of benzene rings is 1. The van der Waals surface area contributed by atoms with Crippen molar-refractivity contribution in [1.29, 1.82) is 0 Å². The molecular weight excluding hydrogens is 223 g/mol. The van der Waals surface area contributed by atoms with E-state index in [9.17, 15) is 4.79 Å². The van der Waals surface area contributed by atoms with Gasteiger partial charge in [-0.2, -0.15) is 0 Å². The lowest BCUT2D eigenvalue weighted by Gasteiger charge is -2.04. The first kappa shape index (κ1) is 11.3. The number of aryl methyl sites for hydroxylation is 1. The molecule has 0 saturated heterocycles. The average molecular weight is 233 g/mol. The summed E-state index contributed by atoms with van der Waals surface area (Å²) in [4.78, 5) is 11.0. The van der Waals surface area contributed by atoms with Crippen LogP contribution in [0.1, 0.15) is 12.0 Å². The molecule has 0 N–H and O–H groups in total. The zero-order valence-corrected chi connectivity index (χ0v) is 8.96. The van der Waals surface area contributed by atoms with E-state index >= 15 is 0 Å². The topological polar surface area (TPSA) is 26.3 Å². The number of halogens is 2. The molecule has 76 valence electrons. The van der Waals surface area contributed by atoms with Gasteiger partial charge in [-0.1, -0.05) is 53.5 Å². The summed E-state index contributed by atoms with van der Waals surface area (Å²) in [5.41, 5.74) is 1.09. The molecule has 0 aliphatic rings. The Labute approximate surface area is 92.8 Å². The smallest absolute Gasteiger partial charge is 0.308 e. The van der Waals surface area contributed by atoms with Crippen molar-refractivity contribution in [3.63, 3.8) is 0 Å². The van der Waals surface area contributed by atoms with E-state index in [1.165, 1.54) is 0 Å². The lowest BCUT2D eigenvalue weighted by molar-refractivity contribution is -0.142. The fourth-order valence-electron chi connectivity index (χ4n) is 1.05. The number of hydrogen-bond donors (Lipinski definition) is 0. The largest absolute Gasteiger partial charge is 0.431 e. The maximum atomic E-state index is 11.0. The lowest BCUT2D eigenvalue weighted by Crippen LogP contribution is -2.08. The van der Waals surface area contributed by atoms with Crippen LogP contribution in [0.2, 0.25) is 0 Å². The van der Waals surface area contributed by atoms with Crippen molar-refractivity contribution < 1.29 is 9.53 Å². The zero-order valence-electron chi connectivity index (χ0n) is 7.45. The standard InChI is InChI=1S/C10H10Cl2O2/c11-10(12)14-9(13)7-6-8-4-2-1-3-5-8/h1-5,10H,6-7H2. The third-order valence-electron chi connectivity index (χ3n) is 1.68. The zero-order chi connectivity index (χ0) is 10.4. The van der Waals surface area contributed by atoms with Gasteiger partial charge in [0.2, 0.25) is 0 Å². The normalized spacial score (nSPS) is 10.2. The van der Waals surface area contributed by atoms with Gasteiger partial charge in [0.1, 0.15) is 0 Å². The van der Waals surface area contributed by atoms with Gasteiger partial charge >= 0.3 is 5.97 Å². The second-order valence-corrected chi connectivity index (χ2v) is 3.75. The van der Waals surface area contributed by atoms with Crippen LogP contribution in [0.25, 0.3) is 0 Å². The van der Waals surface area contributed by atoms with Gasteiger partial charge in [-0.25, -0.2) is 0 Å². The van der Waals surface area contributed by atoms with Gasteiger partial charge in [0.25, 0.3) is 5.02 Å². The number of rotatable bonds is 4. The maximum absolute atomic E-state index is 11.0. The Kier molecular flexibility index (Phi) is 4.77. The highest BCUT2D eigenvalue weighted by Gasteiger charge is 2.07. The molecule has 4 heteroatoms. The van der Waals surface area contributed by atoms with Crippen molar-refractivity contribution in [2.24, 2.45) is 0 Å². The first-order valence-corrected chi connectivity index (χ1v) is 5.07. The van der Waals surface area contributed by atoms with Crippen LogP contribution in [0.15, 0.2) is 30.3 Å². The van der Waals surface area contributed by atoms with Crippen molar-refractivity contribution in [1.82, 2.24) is 0 Å². The third-order valence-corrected chi connectivity index (χ3v) is 1.86. The van der Waals surface area contributed by atoms with E-state index in [-0.39, 0.29) is 5.97 Å². The second-order valence-electron chi connectivity index (χ2n) is 2.74. The van der Waals surface area contributed by atoms with Crippen LogP contribution in [-0.2, 0) is 16.0 Å². The van der Waals surface area contributed by atoms with E-state index in [4.69, 9.17) is 23.2 Å². The summed E-state index contributed by atoms with van der Waals surface area (Å²) in [6, 6.07) is 9.67. The van der Waals surface area contributed by atoms with Crippen molar-refractivity contribution >= 4 is 29.2 Å². The molecule has 0 bridgehead atoms. The van der Waals surface area contributed by atoms with E-state index in [2.05, 4.69) is 4.74 Å². The predicted molar refractivity (Wildman–Crippen MR) is 56.3 cm³/mol. The summed E-state index contributed by atoms with van der Waals surface area (Å²) < 4.78 is 4.56. The molecule has 1 aromatic carbocycles. The van der Waals surface area contributed by atoms with Crippen LogP contribution >= 0.6 is 23.2 Å². The lowest BCUT2D eigenvalue weighted by atomic mass is 10.1. The highest BCUT2D eigenvalue weighted by Crippen LogP contribution is 2.07. The number of hydrogen-bond acceptors (Lipinski definition) is 2. The summed E-state index contributed by atoms with van der Waals surface area (Å²) in [5, 5.41) is -1.07. The Morgan fingerprint density at radius 1 is 1.29 bits per heavy atom. The minimum Gasteiger partial charge on any atom is -0.431 e. The van der Waals surface area contributed by atoms with Gasteiger partial charge in [0, 0.05) is 6.42 Å². The molecule has 0 fully saturated rings. The van der Waals surface area contributed by atoms with Crippen LogP contribution in [0.3, 0.4) is 0 Å². The molecule has 0 saturated carbocycles. The number of alkyl halides is 2. The van der Waals surface area contributed by atoms with Crippen LogP contribution in [0, 0.1) is 0 Å². The quantitative estimate of drug-likeness (QED) is 0.590. The second kappa shape index (κ2) is 5.89. The van der Waals surface area contributed by atoms with Crippen molar-refractivity contribution in [2.75, 3.05) is 0 Å². The predicted octanol–water partition coefficient (Wildman–Crippen LogP) is 2.92. The summed E-state index contributed by atoms with van der Waals surface area (Å²) >= 11 is 10.6. The number of carbonyl (C=O) groups excluding carboxylic acids is 1. The number of esters is 1. The van der Waals surface area contributed by atoms with Crippen LogP contribution < -0.4 is 0 Å². The van der Waals surface area contributed by atoms with E-state index in [1.54, 1.807) is 0 Å². The molecule has 0 radical (unpaired) electrons. The highest BCUT2D eigenvalue weighted by atomic mass is 35.5. The van der Waals surface area contributed by atoms with Crippen molar-refractivity contribution in [3.05, 3.63) is 35.9 Å². The Morgan fingerprint density at radius 3 is 2.50 bits per heavy atom. The minimum absolute atomic E-state index is 0.292. The number of ether oxygens (including phenoxy) is 1. The third kappa shape index (κ3) is 4.49. The molecule has 2 nitrogen and oxygen atoms in total. The van der Waals surface area contributed by atoms with Crippen molar-refractivity contribution in [3.8, 4) is 0 Å². The average Bonchev–Trinajstić information content (AvgIpc) is 2.15. The molecule has 1 aromatic rings. The van der Waals surface area contributed by atoms with E-state index < -0.39 is 5.02 Å². The van der Waals surface area contributed by atoms with Crippen LogP contribution in [-0.4, -0.2) is 11.0 Å². The first-order chi connectivity index (χ1) is 6.68. The van der Waals surface area contributed by atoms with Crippen LogP contribution in [0.5, 0.6) is 0 Å². The molecular formula is C10H10Cl2O2. The van der Waals surface area contributed by atoms with E-state index in [1.807, 2.05) is 30.3 Å². The fourth-order valence-corrected chi connectivity index (χ4v) is 1.25. The SMILES string of the molecule is O=C(CCc1ccccc1)OC(Cl)Cl. The summed E-state index contributed by atoms with van der Waals surface area (Å²) in [6.07, 6.45) is 0.931. The molecule has 0 atom stereocenters. The van der Waals surface area contributed by atoms with Gasteiger partial charge in [-0.3, -0.25) is 4.79 Å². The van der Waals surface area contributed by atoms with Gasteiger partial charge in [0.15, 0.2) is 0 Å².